The van der Waals surface area contributed by atoms with Crippen molar-refractivity contribution in [3.63, 3.8) is 0 Å². The monoisotopic (exact) mass is 362 g/mol. The third kappa shape index (κ3) is 3.34. The van der Waals surface area contributed by atoms with Gasteiger partial charge in [-0.15, -0.1) is 0 Å². The number of nitrogens with two attached hydrogens (primary N) is 1. The molecule has 5 nitrogen and oxygen atoms in total. The molecular weight excluding hydrogens is 340 g/mol. The van der Waals surface area contributed by atoms with Gasteiger partial charge in [-0.3, -0.25) is 4.79 Å². The van der Waals surface area contributed by atoms with Gasteiger partial charge in [0.1, 0.15) is 0 Å². The van der Waals surface area contributed by atoms with Crippen molar-refractivity contribution in [2.45, 2.75) is 44.1 Å². The number of rotatable bonds is 4. The minimum Gasteiger partial charge on any atom is -0.452 e. The first kappa shape index (κ1) is 16.7. The standard InChI is InChI=1S/C19H23ClN2O3/c20-14-1-2-15(16(21)6-14)18(24)25-10-17(23)22-19-7-11-3-12(8-19)5-13(4-11)9-19/h1-2,6,11-13H,3-5,7-10,21H2,(H,22,23). The van der Waals surface area contributed by atoms with Crippen molar-refractivity contribution in [3.05, 3.63) is 28.8 Å². The number of amides is 1. The Balaban J connectivity index is 1.34. The summed E-state index contributed by atoms with van der Waals surface area (Å²) in [4.78, 5) is 24.5. The fourth-order valence-corrected chi connectivity index (χ4v) is 5.70. The molecule has 0 unspecified atom stereocenters. The molecular formula is C19H23ClN2O3. The van der Waals surface area contributed by atoms with Gasteiger partial charge in [-0.2, -0.15) is 0 Å². The van der Waals surface area contributed by atoms with Gasteiger partial charge in [0, 0.05) is 16.2 Å². The Morgan fingerprint density at radius 3 is 2.32 bits per heavy atom. The summed E-state index contributed by atoms with van der Waals surface area (Å²) < 4.78 is 5.15. The highest BCUT2D eigenvalue weighted by atomic mass is 35.5. The van der Waals surface area contributed by atoms with Crippen molar-refractivity contribution < 1.29 is 14.3 Å². The van der Waals surface area contributed by atoms with Crippen molar-refractivity contribution in [2.24, 2.45) is 17.8 Å². The predicted octanol–water partition coefficient (Wildman–Crippen LogP) is 3.16. The van der Waals surface area contributed by atoms with Gasteiger partial charge in [-0.25, -0.2) is 4.79 Å². The molecule has 0 aromatic heterocycles. The molecule has 5 rings (SSSR count). The van der Waals surface area contributed by atoms with Crippen LogP contribution in [0.5, 0.6) is 0 Å². The van der Waals surface area contributed by atoms with Crippen LogP contribution >= 0.6 is 11.6 Å². The lowest BCUT2D eigenvalue weighted by molar-refractivity contribution is -0.130. The van der Waals surface area contributed by atoms with Gasteiger partial charge in [0.25, 0.3) is 5.91 Å². The van der Waals surface area contributed by atoms with Crippen LogP contribution in [-0.2, 0) is 9.53 Å². The van der Waals surface area contributed by atoms with E-state index in [1.165, 1.54) is 31.4 Å². The highest BCUT2D eigenvalue weighted by Gasteiger charge is 2.51. The van der Waals surface area contributed by atoms with Crippen LogP contribution in [0.3, 0.4) is 0 Å². The molecule has 0 atom stereocenters. The van der Waals surface area contributed by atoms with Gasteiger partial charge in [0.2, 0.25) is 0 Å². The first-order valence-corrected chi connectivity index (χ1v) is 9.33. The maximum atomic E-state index is 12.4. The third-order valence-electron chi connectivity index (χ3n) is 6.01. The Hall–Kier alpha value is -1.75. The highest BCUT2D eigenvalue weighted by molar-refractivity contribution is 6.31. The summed E-state index contributed by atoms with van der Waals surface area (Å²) in [6.07, 6.45) is 7.17. The smallest absolute Gasteiger partial charge is 0.340 e. The maximum absolute atomic E-state index is 12.4. The second-order valence-electron chi connectivity index (χ2n) is 8.05. The van der Waals surface area contributed by atoms with E-state index in [0.717, 1.165) is 37.0 Å². The lowest BCUT2D eigenvalue weighted by Gasteiger charge is -2.56. The molecule has 0 heterocycles. The van der Waals surface area contributed by atoms with Crippen molar-refractivity contribution in [1.82, 2.24) is 5.32 Å². The summed E-state index contributed by atoms with van der Waals surface area (Å²) >= 11 is 5.83. The average Bonchev–Trinajstić information content (AvgIpc) is 2.50. The molecule has 4 aliphatic rings. The summed E-state index contributed by atoms with van der Waals surface area (Å²) in [5.41, 5.74) is 6.18. The molecule has 25 heavy (non-hydrogen) atoms. The van der Waals surface area contributed by atoms with Crippen LogP contribution < -0.4 is 11.1 Å². The first-order chi connectivity index (χ1) is 11.9. The number of esters is 1. The van der Waals surface area contributed by atoms with Crippen molar-refractivity contribution >= 4 is 29.2 Å². The summed E-state index contributed by atoms with van der Waals surface area (Å²) in [7, 11) is 0. The zero-order valence-electron chi connectivity index (χ0n) is 14.1. The molecule has 134 valence electrons. The summed E-state index contributed by atoms with van der Waals surface area (Å²) in [5.74, 6) is 1.44. The Bertz CT molecular complexity index is 683. The number of benzene rings is 1. The molecule has 0 saturated heterocycles. The number of carbonyl (C=O) groups excluding carboxylic acids is 2. The lowest BCUT2D eigenvalue weighted by atomic mass is 9.53. The minimum absolute atomic E-state index is 0.0719. The molecule has 1 aromatic rings. The van der Waals surface area contributed by atoms with Crippen LogP contribution in [0, 0.1) is 17.8 Å². The molecule has 4 saturated carbocycles. The van der Waals surface area contributed by atoms with E-state index in [0.29, 0.717) is 5.02 Å². The quantitative estimate of drug-likeness (QED) is 0.636. The Labute approximate surface area is 152 Å². The number of carbonyl (C=O) groups is 2. The van der Waals surface area contributed by atoms with E-state index in [9.17, 15) is 9.59 Å². The van der Waals surface area contributed by atoms with Gasteiger partial charge >= 0.3 is 5.97 Å². The Kier molecular flexibility index (Phi) is 4.14. The third-order valence-corrected chi connectivity index (χ3v) is 6.25. The first-order valence-electron chi connectivity index (χ1n) is 8.96. The average molecular weight is 363 g/mol. The number of hydrogen-bond acceptors (Lipinski definition) is 4. The molecule has 6 heteroatoms. The molecule has 0 radical (unpaired) electrons. The SMILES string of the molecule is Nc1cc(Cl)ccc1C(=O)OCC(=O)NC12CC3CC(CC(C3)C1)C2. The van der Waals surface area contributed by atoms with E-state index in [1.54, 1.807) is 6.07 Å². The second kappa shape index (κ2) is 6.20. The number of ether oxygens (including phenoxy) is 1. The molecule has 0 spiro atoms. The molecule has 0 aliphatic heterocycles. The highest BCUT2D eigenvalue weighted by Crippen LogP contribution is 2.55. The lowest BCUT2D eigenvalue weighted by Crippen LogP contribution is -2.60. The predicted molar refractivity (Wildman–Crippen MR) is 95.2 cm³/mol. The Morgan fingerprint density at radius 2 is 1.76 bits per heavy atom. The second-order valence-corrected chi connectivity index (χ2v) is 8.49. The van der Waals surface area contributed by atoms with Crippen LogP contribution in [0.4, 0.5) is 5.69 Å². The number of hydrogen-bond donors (Lipinski definition) is 2. The largest absolute Gasteiger partial charge is 0.452 e. The van der Waals surface area contributed by atoms with Crippen LogP contribution in [0.15, 0.2) is 18.2 Å². The molecule has 4 fully saturated rings. The molecule has 1 amide bonds. The van der Waals surface area contributed by atoms with E-state index in [2.05, 4.69) is 5.32 Å². The summed E-state index contributed by atoms with van der Waals surface area (Å²) in [6.45, 7) is -0.275. The minimum atomic E-state index is -0.602. The van der Waals surface area contributed by atoms with Crippen LogP contribution in [0.2, 0.25) is 5.02 Å². The fourth-order valence-electron chi connectivity index (χ4n) is 5.52. The van der Waals surface area contributed by atoms with Crippen LogP contribution in [0.25, 0.3) is 0 Å². The van der Waals surface area contributed by atoms with Crippen LogP contribution in [0.1, 0.15) is 48.9 Å². The summed E-state index contributed by atoms with van der Waals surface area (Å²) in [5, 5.41) is 3.64. The number of anilines is 1. The van der Waals surface area contributed by atoms with Crippen molar-refractivity contribution in [2.75, 3.05) is 12.3 Å². The zero-order valence-corrected chi connectivity index (χ0v) is 14.8. The normalized spacial score (nSPS) is 32.4. The van der Waals surface area contributed by atoms with E-state index in [-0.39, 0.29) is 29.3 Å². The summed E-state index contributed by atoms with van der Waals surface area (Å²) in [6, 6.07) is 4.58. The molecule has 4 aliphatic carbocycles. The van der Waals surface area contributed by atoms with Gasteiger partial charge in [0.05, 0.1) is 5.56 Å². The topological polar surface area (TPSA) is 81.4 Å². The van der Waals surface area contributed by atoms with Crippen molar-refractivity contribution in [1.29, 1.82) is 0 Å². The zero-order chi connectivity index (χ0) is 17.6. The van der Waals surface area contributed by atoms with Crippen molar-refractivity contribution in [3.8, 4) is 0 Å². The fraction of sp³-hybridized carbons (Fsp3) is 0.579. The van der Waals surface area contributed by atoms with E-state index in [4.69, 9.17) is 22.1 Å². The number of halogens is 1. The van der Waals surface area contributed by atoms with Crippen LogP contribution in [-0.4, -0.2) is 24.0 Å². The van der Waals surface area contributed by atoms with E-state index in [1.807, 2.05) is 0 Å². The Morgan fingerprint density at radius 1 is 1.16 bits per heavy atom. The molecule has 3 N–H and O–H groups in total. The van der Waals surface area contributed by atoms with Gasteiger partial charge < -0.3 is 15.8 Å². The van der Waals surface area contributed by atoms with Gasteiger partial charge in [-0.05, 0) is 74.5 Å². The molecule has 4 bridgehead atoms. The number of nitrogen functional groups attached to an aromatic ring is 1. The molecule has 1 aromatic carbocycles. The van der Waals surface area contributed by atoms with E-state index < -0.39 is 5.97 Å². The van der Waals surface area contributed by atoms with Gasteiger partial charge in [-0.1, -0.05) is 11.6 Å². The number of nitrogens with one attached hydrogen (secondary N) is 1. The maximum Gasteiger partial charge on any atom is 0.340 e. The van der Waals surface area contributed by atoms with Gasteiger partial charge in [0.15, 0.2) is 6.61 Å². The van der Waals surface area contributed by atoms with E-state index >= 15 is 0 Å².